The number of carbonyl (C=O) groups excluding carboxylic acids is 2. The van der Waals surface area contributed by atoms with Gasteiger partial charge in [0.25, 0.3) is 0 Å². The van der Waals surface area contributed by atoms with Crippen molar-refractivity contribution in [3.05, 3.63) is 23.5 Å². The summed E-state index contributed by atoms with van der Waals surface area (Å²) in [6, 6.07) is 2.11. The molecule has 1 rings (SSSR count). The van der Waals surface area contributed by atoms with Crippen LogP contribution in [-0.2, 0) is 9.47 Å². The SMILES string of the molecule is COC(=O)c1cc(N(C)C(=O)OC(C)(C)C)c(F)cc1N. The summed E-state index contributed by atoms with van der Waals surface area (Å²) in [4.78, 5) is 24.5. The molecule has 0 saturated carbocycles. The first-order valence-electron chi connectivity index (χ1n) is 6.21. The van der Waals surface area contributed by atoms with Gasteiger partial charge in [0, 0.05) is 12.7 Å². The lowest BCUT2D eigenvalue weighted by Gasteiger charge is -2.25. The smallest absolute Gasteiger partial charge is 0.414 e. The van der Waals surface area contributed by atoms with Gasteiger partial charge in [-0.2, -0.15) is 0 Å². The fraction of sp³-hybridized carbons (Fsp3) is 0.429. The number of hydrogen-bond donors (Lipinski definition) is 1. The van der Waals surface area contributed by atoms with Crippen LogP contribution in [-0.4, -0.2) is 31.8 Å². The van der Waals surface area contributed by atoms with Crippen LogP contribution in [0.4, 0.5) is 20.6 Å². The molecule has 21 heavy (non-hydrogen) atoms. The number of hydrogen-bond acceptors (Lipinski definition) is 5. The number of nitrogen functional groups attached to an aromatic ring is 1. The first kappa shape index (κ1) is 16.7. The average molecular weight is 298 g/mol. The summed E-state index contributed by atoms with van der Waals surface area (Å²) in [5.74, 6) is -1.46. The van der Waals surface area contributed by atoms with Gasteiger partial charge in [0.1, 0.15) is 11.4 Å². The Balaban J connectivity index is 3.18. The first-order chi connectivity index (χ1) is 9.56. The van der Waals surface area contributed by atoms with Crippen molar-refractivity contribution in [1.82, 2.24) is 0 Å². The van der Waals surface area contributed by atoms with E-state index in [0.29, 0.717) is 0 Å². The van der Waals surface area contributed by atoms with Crippen LogP contribution in [0.25, 0.3) is 0 Å². The van der Waals surface area contributed by atoms with E-state index in [1.165, 1.54) is 14.2 Å². The monoisotopic (exact) mass is 298 g/mol. The van der Waals surface area contributed by atoms with E-state index in [2.05, 4.69) is 4.74 Å². The number of halogens is 1. The van der Waals surface area contributed by atoms with Gasteiger partial charge in [-0.15, -0.1) is 0 Å². The summed E-state index contributed by atoms with van der Waals surface area (Å²) in [5.41, 5.74) is 4.63. The number of ether oxygens (including phenoxy) is 2. The molecule has 0 aliphatic rings. The summed E-state index contributed by atoms with van der Waals surface area (Å²) >= 11 is 0. The van der Waals surface area contributed by atoms with Crippen molar-refractivity contribution in [3.8, 4) is 0 Å². The lowest BCUT2D eigenvalue weighted by molar-refractivity contribution is 0.0579. The van der Waals surface area contributed by atoms with Gasteiger partial charge in [-0.1, -0.05) is 0 Å². The van der Waals surface area contributed by atoms with Crippen molar-refractivity contribution in [2.24, 2.45) is 0 Å². The Hall–Kier alpha value is -2.31. The van der Waals surface area contributed by atoms with Crippen molar-refractivity contribution in [3.63, 3.8) is 0 Å². The van der Waals surface area contributed by atoms with Crippen molar-refractivity contribution in [1.29, 1.82) is 0 Å². The topological polar surface area (TPSA) is 81.9 Å². The molecule has 0 atom stereocenters. The van der Waals surface area contributed by atoms with E-state index >= 15 is 0 Å². The highest BCUT2D eigenvalue weighted by atomic mass is 19.1. The third-order valence-corrected chi connectivity index (χ3v) is 2.55. The summed E-state index contributed by atoms with van der Waals surface area (Å²) in [7, 11) is 2.52. The minimum absolute atomic E-state index is 0.0238. The molecule has 0 unspecified atom stereocenters. The van der Waals surface area contributed by atoms with Gasteiger partial charge >= 0.3 is 12.1 Å². The van der Waals surface area contributed by atoms with E-state index in [9.17, 15) is 14.0 Å². The van der Waals surface area contributed by atoms with Crippen LogP contribution in [0.2, 0.25) is 0 Å². The molecule has 0 aliphatic heterocycles. The van der Waals surface area contributed by atoms with Crippen molar-refractivity contribution >= 4 is 23.4 Å². The maximum Gasteiger partial charge on any atom is 0.414 e. The molecular formula is C14H19FN2O4. The van der Waals surface area contributed by atoms with Gasteiger partial charge in [0.2, 0.25) is 0 Å². The summed E-state index contributed by atoms with van der Waals surface area (Å²) < 4.78 is 23.7. The summed E-state index contributed by atoms with van der Waals surface area (Å²) in [6.45, 7) is 5.08. The van der Waals surface area contributed by atoms with Crippen LogP contribution in [0.15, 0.2) is 12.1 Å². The molecule has 2 N–H and O–H groups in total. The molecule has 0 spiro atoms. The third kappa shape index (κ3) is 4.08. The van der Waals surface area contributed by atoms with Crippen LogP contribution < -0.4 is 10.6 Å². The van der Waals surface area contributed by atoms with Crippen LogP contribution in [0.3, 0.4) is 0 Å². The maximum absolute atomic E-state index is 14.0. The van der Waals surface area contributed by atoms with E-state index < -0.39 is 23.5 Å². The van der Waals surface area contributed by atoms with Gasteiger partial charge < -0.3 is 15.2 Å². The molecule has 0 fully saturated rings. The Morgan fingerprint density at radius 3 is 2.33 bits per heavy atom. The van der Waals surface area contributed by atoms with Gasteiger partial charge in [0.15, 0.2) is 0 Å². The van der Waals surface area contributed by atoms with E-state index in [0.717, 1.165) is 17.0 Å². The van der Waals surface area contributed by atoms with Crippen molar-refractivity contribution < 1.29 is 23.5 Å². The van der Waals surface area contributed by atoms with Crippen LogP contribution in [0.5, 0.6) is 0 Å². The zero-order valence-electron chi connectivity index (χ0n) is 12.7. The molecule has 7 heteroatoms. The predicted molar refractivity (Wildman–Crippen MR) is 76.8 cm³/mol. The van der Waals surface area contributed by atoms with E-state index in [4.69, 9.17) is 10.5 Å². The fourth-order valence-corrected chi connectivity index (χ4v) is 1.55. The third-order valence-electron chi connectivity index (χ3n) is 2.55. The maximum atomic E-state index is 14.0. The van der Waals surface area contributed by atoms with Gasteiger partial charge in [-0.25, -0.2) is 14.0 Å². The fourth-order valence-electron chi connectivity index (χ4n) is 1.55. The number of benzene rings is 1. The number of carbonyl (C=O) groups is 2. The average Bonchev–Trinajstić information content (AvgIpc) is 2.35. The highest BCUT2D eigenvalue weighted by Gasteiger charge is 2.24. The molecule has 0 radical (unpaired) electrons. The minimum atomic E-state index is -0.748. The number of anilines is 2. The number of rotatable bonds is 2. The molecule has 0 aliphatic carbocycles. The highest BCUT2D eigenvalue weighted by molar-refractivity contribution is 5.98. The molecule has 0 saturated heterocycles. The zero-order valence-corrected chi connectivity index (χ0v) is 12.7. The Morgan fingerprint density at radius 1 is 1.29 bits per heavy atom. The molecule has 1 amide bonds. The number of esters is 1. The van der Waals surface area contributed by atoms with E-state index in [-0.39, 0.29) is 16.9 Å². The van der Waals surface area contributed by atoms with Crippen LogP contribution in [0.1, 0.15) is 31.1 Å². The number of nitrogens with two attached hydrogens (primary N) is 1. The van der Waals surface area contributed by atoms with Gasteiger partial charge in [-0.3, -0.25) is 4.90 Å². The molecule has 0 bridgehead atoms. The predicted octanol–water partition coefficient (Wildman–Crippen LogP) is 2.57. The van der Waals surface area contributed by atoms with E-state index in [1.54, 1.807) is 20.8 Å². The standard InChI is InChI=1S/C14H19FN2O4/c1-14(2,3)21-13(19)17(4)11-6-8(12(18)20-5)10(16)7-9(11)15/h6-7H,16H2,1-5H3. The number of methoxy groups -OCH3 is 1. The second kappa shape index (κ2) is 5.99. The Kier molecular flexibility index (Phi) is 4.77. The minimum Gasteiger partial charge on any atom is -0.465 e. The van der Waals surface area contributed by atoms with Gasteiger partial charge in [-0.05, 0) is 32.9 Å². The highest BCUT2D eigenvalue weighted by Crippen LogP contribution is 2.26. The lowest BCUT2D eigenvalue weighted by atomic mass is 10.1. The Morgan fingerprint density at radius 2 is 1.86 bits per heavy atom. The van der Waals surface area contributed by atoms with Crippen molar-refractivity contribution in [2.45, 2.75) is 26.4 Å². The molecule has 6 nitrogen and oxygen atoms in total. The largest absolute Gasteiger partial charge is 0.465 e. The second-order valence-electron chi connectivity index (χ2n) is 5.42. The van der Waals surface area contributed by atoms with Gasteiger partial charge in [0.05, 0.1) is 18.4 Å². The molecular weight excluding hydrogens is 279 g/mol. The molecule has 0 aromatic heterocycles. The second-order valence-corrected chi connectivity index (χ2v) is 5.42. The quantitative estimate of drug-likeness (QED) is 0.670. The van der Waals surface area contributed by atoms with E-state index in [1.807, 2.05) is 0 Å². The first-order valence-corrected chi connectivity index (χ1v) is 6.21. The van der Waals surface area contributed by atoms with Crippen molar-refractivity contribution in [2.75, 3.05) is 24.8 Å². The molecule has 116 valence electrons. The molecule has 1 aromatic carbocycles. The molecule has 1 aromatic rings. The Labute approximate surface area is 122 Å². The lowest BCUT2D eigenvalue weighted by Crippen LogP contribution is -2.34. The zero-order chi connectivity index (χ0) is 16.4. The summed E-state index contributed by atoms with van der Waals surface area (Å²) in [6.07, 6.45) is -0.748. The summed E-state index contributed by atoms with van der Waals surface area (Å²) in [5, 5.41) is 0. The number of nitrogens with zero attached hydrogens (tertiary/aromatic N) is 1. The van der Waals surface area contributed by atoms with Crippen LogP contribution >= 0.6 is 0 Å². The normalized spacial score (nSPS) is 11.0. The van der Waals surface area contributed by atoms with Crippen LogP contribution in [0, 0.1) is 5.82 Å². The number of amides is 1. The molecule has 0 heterocycles. The Bertz CT molecular complexity index is 567.